The van der Waals surface area contributed by atoms with Crippen LogP contribution in [0.4, 0.5) is 0 Å². The fourth-order valence-electron chi connectivity index (χ4n) is 1.90. The quantitative estimate of drug-likeness (QED) is 0.875. The van der Waals surface area contributed by atoms with Gasteiger partial charge in [0.2, 0.25) is 10.0 Å². The van der Waals surface area contributed by atoms with E-state index in [1.807, 2.05) is 18.2 Å². The van der Waals surface area contributed by atoms with Crippen LogP contribution in [0.2, 0.25) is 0 Å². The van der Waals surface area contributed by atoms with Crippen LogP contribution in [0.5, 0.6) is 5.75 Å². The van der Waals surface area contributed by atoms with Crippen LogP contribution < -0.4 is 9.88 Å². The van der Waals surface area contributed by atoms with Gasteiger partial charge in [-0.1, -0.05) is 22.0 Å². The number of hydrogen-bond acceptors (Lipinski definition) is 4. The minimum absolute atomic E-state index is 0.0182. The lowest BCUT2D eigenvalue weighted by Gasteiger charge is -2.13. The Morgan fingerprint density at radius 1 is 1.33 bits per heavy atom. The number of sulfonamides is 1. The molecule has 7 heteroatoms. The normalized spacial score (nSPS) is 11.4. The number of aromatic nitrogens is 1. The number of halogens is 1. The van der Waals surface area contributed by atoms with Gasteiger partial charge in [-0.25, -0.2) is 13.6 Å². The van der Waals surface area contributed by atoms with E-state index in [0.29, 0.717) is 23.1 Å². The maximum atomic E-state index is 11.7. The van der Waals surface area contributed by atoms with Crippen molar-refractivity contribution in [2.45, 2.75) is 18.2 Å². The van der Waals surface area contributed by atoms with Crippen LogP contribution in [0.15, 0.2) is 45.9 Å². The Kier molecular flexibility index (Phi) is 4.97. The second kappa shape index (κ2) is 6.55. The topological polar surface area (TPSA) is 82.3 Å². The lowest BCUT2D eigenvalue weighted by atomic mass is 10.2. The van der Waals surface area contributed by atoms with E-state index in [1.54, 1.807) is 19.2 Å². The molecule has 0 aliphatic heterocycles. The molecule has 0 amide bonds. The summed E-state index contributed by atoms with van der Waals surface area (Å²) < 4.78 is 29.6. The highest BCUT2D eigenvalue weighted by molar-refractivity contribution is 9.10. The number of ether oxygens (including phenoxy) is 1. The summed E-state index contributed by atoms with van der Waals surface area (Å²) >= 11 is 3.26. The van der Waals surface area contributed by atoms with Gasteiger partial charge in [-0.2, -0.15) is 0 Å². The van der Waals surface area contributed by atoms with E-state index >= 15 is 0 Å². The van der Waals surface area contributed by atoms with E-state index in [-0.39, 0.29) is 10.6 Å². The highest BCUT2D eigenvalue weighted by atomic mass is 79.9. The van der Waals surface area contributed by atoms with Crippen LogP contribution in [0.25, 0.3) is 0 Å². The third-order valence-corrected chi connectivity index (χ3v) is 4.22. The van der Waals surface area contributed by atoms with Crippen molar-refractivity contribution < 1.29 is 13.2 Å². The van der Waals surface area contributed by atoms with Gasteiger partial charge >= 0.3 is 0 Å². The van der Waals surface area contributed by atoms with Gasteiger partial charge in [-0.15, -0.1) is 0 Å². The molecule has 2 aromatic rings. The Morgan fingerprint density at radius 2 is 2.10 bits per heavy atom. The van der Waals surface area contributed by atoms with Gasteiger partial charge in [0.25, 0.3) is 0 Å². The maximum absolute atomic E-state index is 11.7. The summed E-state index contributed by atoms with van der Waals surface area (Å²) in [7, 11) is -3.84. The zero-order valence-electron chi connectivity index (χ0n) is 11.4. The molecule has 0 fully saturated rings. The Morgan fingerprint density at radius 3 is 2.71 bits per heavy atom. The minimum Gasteiger partial charge on any atom is -0.491 e. The lowest BCUT2D eigenvalue weighted by molar-refractivity contribution is 0.310. The first-order valence-electron chi connectivity index (χ1n) is 6.23. The number of primary sulfonamides is 1. The number of benzene rings is 1. The second-order valence-corrected chi connectivity index (χ2v) is 6.96. The molecular weight excluding hydrogens is 356 g/mol. The number of aryl methyl sites for hydroxylation is 1. The zero-order chi connectivity index (χ0) is 15.5. The van der Waals surface area contributed by atoms with E-state index in [4.69, 9.17) is 9.88 Å². The molecule has 112 valence electrons. The zero-order valence-corrected chi connectivity index (χ0v) is 13.8. The van der Waals surface area contributed by atoms with Crippen LogP contribution in [-0.4, -0.2) is 20.0 Å². The molecular formula is C14H15BrN2O3S. The standard InChI is InChI=1S/C14H15BrN2O3S/c1-10-8-11(15)9-13(21(16,18)19)14(10)20-7-5-12-4-2-3-6-17-12/h2-4,6,8-9H,5,7H2,1H3,(H2,16,18,19). The SMILES string of the molecule is Cc1cc(Br)cc(S(N)(=O)=O)c1OCCc1ccccn1. The number of pyridine rings is 1. The van der Waals surface area contributed by atoms with Gasteiger partial charge < -0.3 is 4.74 Å². The van der Waals surface area contributed by atoms with Crippen LogP contribution in [0, 0.1) is 6.92 Å². The molecule has 0 bridgehead atoms. The summed E-state index contributed by atoms with van der Waals surface area (Å²) in [5, 5.41) is 5.24. The van der Waals surface area contributed by atoms with Gasteiger partial charge in [0.05, 0.1) is 6.61 Å². The summed E-state index contributed by atoms with van der Waals surface area (Å²) in [6.07, 6.45) is 2.29. The van der Waals surface area contributed by atoms with Crippen molar-refractivity contribution in [1.82, 2.24) is 4.98 Å². The number of rotatable bonds is 5. The molecule has 2 N–H and O–H groups in total. The molecule has 0 atom stereocenters. The van der Waals surface area contributed by atoms with E-state index < -0.39 is 10.0 Å². The van der Waals surface area contributed by atoms with Crippen LogP contribution in [0.3, 0.4) is 0 Å². The molecule has 0 aliphatic rings. The van der Waals surface area contributed by atoms with Crippen molar-refractivity contribution in [2.24, 2.45) is 5.14 Å². The molecule has 0 saturated heterocycles. The molecule has 1 heterocycles. The smallest absolute Gasteiger partial charge is 0.241 e. The Bertz CT molecular complexity index is 733. The fraction of sp³-hybridized carbons (Fsp3) is 0.214. The highest BCUT2D eigenvalue weighted by Gasteiger charge is 2.18. The fourth-order valence-corrected chi connectivity index (χ4v) is 3.39. The molecule has 0 unspecified atom stereocenters. The Hall–Kier alpha value is -1.44. The van der Waals surface area contributed by atoms with Gasteiger partial charge in [-0.3, -0.25) is 4.98 Å². The van der Waals surface area contributed by atoms with E-state index in [0.717, 1.165) is 5.69 Å². The predicted octanol–water partition coefficient (Wildman–Crippen LogP) is 2.42. The average Bonchev–Trinajstić information content (AvgIpc) is 2.41. The summed E-state index contributed by atoms with van der Waals surface area (Å²) in [5.41, 5.74) is 1.58. The maximum Gasteiger partial charge on any atom is 0.241 e. The van der Waals surface area contributed by atoms with Gasteiger partial charge in [0, 0.05) is 22.8 Å². The molecule has 0 spiro atoms. The van der Waals surface area contributed by atoms with E-state index in [9.17, 15) is 8.42 Å². The van der Waals surface area contributed by atoms with Gasteiger partial charge in [0.15, 0.2) is 0 Å². The Balaban J connectivity index is 2.20. The van der Waals surface area contributed by atoms with Crippen molar-refractivity contribution in [3.05, 3.63) is 52.3 Å². The molecule has 0 radical (unpaired) electrons. The van der Waals surface area contributed by atoms with Crippen molar-refractivity contribution in [2.75, 3.05) is 6.61 Å². The third kappa shape index (κ3) is 4.26. The lowest BCUT2D eigenvalue weighted by Crippen LogP contribution is -2.15. The summed E-state index contributed by atoms with van der Waals surface area (Å²) in [6, 6.07) is 8.84. The predicted molar refractivity (Wildman–Crippen MR) is 83.7 cm³/mol. The second-order valence-electron chi connectivity index (χ2n) is 4.51. The van der Waals surface area contributed by atoms with Crippen molar-refractivity contribution in [1.29, 1.82) is 0 Å². The Labute approximate surface area is 132 Å². The van der Waals surface area contributed by atoms with E-state index in [1.165, 1.54) is 6.07 Å². The number of hydrogen-bond donors (Lipinski definition) is 1. The molecule has 5 nitrogen and oxygen atoms in total. The first kappa shape index (κ1) is 15.9. The molecule has 1 aromatic carbocycles. The largest absolute Gasteiger partial charge is 0.491 e. The average molecular weight is 371 g/mol. The highest BCUT2D eigenvalue weighted by Crippen LogP contribution is 2.31. The first-order chi connectivity index (χ1) is 9.88. The van der Waals surface area contributed by atoms with Gasteiger partial charge in [-0.05, 0) is 36.8 Å². The third-order valence-electron chi connectivity index (χ3n) is 2.84. The van der Waals surface area contributed by atoms with Crippen LogP contribution in [0.1, 0.15) is 11.3 Å². The van der Waals surface area contributed by atoms with Crippen LogP contribution in [-0.2, 0) is 16.4 Å². The molecule has 2 rings (SSSR count). The number of nitrogens with zero attached hydrogens (tertiary/aromatic N) is 1. The summed E-state index contributed by atoms with van der Waals surface area (Å²) in [6.45, 7) is 2.09. The minimum atomic E-state index is -3.84. The van der Waals surface area contributed by atoms with Crippen molar-refractivity contribution in [3.8, 4) is 5.75 Å². The molecule has 0 aliphatic carbocycles. The molecule has 21 heavy (non-hydrogen) atoms. The van der Waals surface area contributed by atoms with Crippen molar-refractivity contribution in [3.63, 3.8) is 0 Å². The van der Waals surface area contributed by atoms with Crippen molar-refractivity contribution >= 4 is 26.0 Å². The summed E-state index contributed by atoms with van der Waals surface area (Å²) in [4.78, 5) is 4.17. The molecule has 0 saturated carbocycles. The number of nitrogens with two attached hydrogens (primary N) is 1. The van der Waals surface area contributed by atoms with Crippen LogP contribution >= 0.6 is 15.9 Å². The molecule has 1 aromatic heterocycles. The summed E-state index contributed by atoms with van der Waals surface area (Å²) in [5.74, 6) is 0.289. The van der Waals surface area contributed by atoms with Gasteiger partial charge in [0.1, 0.15) is 10.6 Å². The van der Waals surface area contributed by atoms with E-state index in [2.05, 4.69) is 20.9 Å². The first-order valence-corrected chi connectivity index (χ1v) is 8.57. The monoisotopic (exact) mass is 370 g/mol.